The first kappa shape index (κ1) is 17.2. The van der Waals surface area contributed by atoms with Gasteiger partial charge in [-0.1, -0.05) is 12.1 Å². The summed E-state index contributed by atoms with van der Waals surface area (Å²) in [6, 6.07) is 6.21. The van der Waals surface area contributed by atoms with Crippen molar-refractivity contribution in [2.24, 2.45) is 4.99 Å². The first-order valence-electron chi connectivity index (χ1n) is 9.50. The molecule has 0 saturated heterocycles. The van der Waals surface area contributed by atoms with E-state index in [-0.39, 0.29) is 0 Å². The van der Waals surface area contributed by atoms with Crippen LogP contribution in [-0.2, 0) is 13.0 Å². The lowest BCUT2D eigenvalue weighted by atomic mass is 10.1. The smallest absolute Gasteiger partial charge is 0.173 e. The van der Waals surface area contributed by atoms with Gasteiger partial charge in [-0.15, -0.1) is 0 Å². The minimum Gasteiger partial charge on any atom is -0.478 e. The SMILES string of the molecule is Cc1cccc(OCN2CCc3nc(C4=NCCCC4)ncc3C2)c1C. The average molecular weight is 350 g/mol. The van der Waals surface area contributed by atoms with Crippen LogP contribution in [0.3, 0.4) is 0 Å². The Hall–Kier alpha value is -2.27. The zero-order valence-corrected chi connectivity index (χ0v) is 15.7. The van der Waals surface area contributed by atoms with Gasteiger partial charge in [-0.25, -0.2) is 9.97 Å². The average Bonchev–Trinajstić information content (AvgIpc) is 2.69. The Kier molecular flexibility index (Phi) is 4.98. The molecule has 0 fully saturated rings. The van der Waals surface area contributed by atoms with E-state index in [9.17, 15) is 0 Å². The summed E-state index contributed by atoms with van der Waals surface area (Å²) in [4.78, 5) is 16.3. The summed E-state index contributed by atoms with van der Waals surface area (Å²) in [5, 5.41) is 0. The van der Waals surface area contributed by atoms with Crippen molar-refractivity contribution in [2.75, 3.05) is 19.8 Å². The summed E-state index contributed by atoms with van der Waals surface area (Å²) in [6.07, 6.45) is 6.31. The van der Waals surface area contributed by atoms with Crippen LogP contribution in [-0.4, -0.2) is 40.4 Å². The number of ether oxygens (including phenoxy) is 1. The van der Waals surface area contributed by atoms with Gasteiger partial charge in [-0.05, 0) is 50.3 Å². The maximum Gasteiger partial charge on any atom is 0.173 e. The Morgan fingerprint density at radius 3 is 2.92 bits per heavy atom. The molecule has 136 valence electrons. The second-order valence-electron chi connectivity index (χ2n) is 7.23. The molecular weight excluding hydrogens is 324 g/mol. The molecule has 0 radical (unpaired) electrons. The van der Waals surface area contributed by atoms with Crippen LogP contribution < -0.4 is 4.74 Å². The van der Waals surface area contributed by atoms with Crippen molar-refractivity contribution in [3.05, 3.63) is 52.6 Å². The molecule has 5 heteroatoms. The normalized spacial score (nSPS) is 17.5. The van der Waals surface area contributed by atoms with Crippen LogP contribution in [0.15, 0.2) is 29.4 Å². The molecule has 0 saturated carbocycles. The summed E-state index contributed by atoms with van der Waals surface area (Å²) in [6.45, 7) is 7.54. The molecule has 0 N–H and O–H groups in total. The molecule has 0 spiro atoms. The number of aliphatic imine (C=N–C) groups is 1. The molecule has 0 unspecified atom stereocenters. The molecule has 1 aromatic carbocycles. The van der Waals surface area contributed by atoms with Crippen LogP contribution in [0.4, 0.5) is 0 Å². The summed E-state index contributed by atoms with van der Waals surface area (Å²) in [7, 11) is 0. The first-order chi connectivity index (χ1) is 12.7. The highest BCUT2D eigenvalue weighted by atomic mass is 16.5. The van der Waals surface area contributed by atoms with Gasteiger partial charge in [-0.2, -0.15) is 0 Å². The van der Waals surface area contributed by atoms with E-state index in [4.69, 9.17) is 9.72 Å². The topological polar surface area (TPSA) is 50.6 Å². The molecule has 0 amide bonds. The van der Waals surface area contributed by atoms with Gasteiger partial charge >= 0.3 is 0 Å². The minimum absolute atomic E-state index is 0.595. The second-order valence-corrected chi connectivity index (χ2v) is 7.23. The van der Waals surface area contributed by atoms with Gasteiger partial charge in [0, 0.05) is 37.8 Å². The van der Waals surface area contributed by atoms with Crippen LogP contribution in [0.2, 0.25) is 0 Å². The number of fused-ring (bicyclic) bond motifs is 1. The van der Waals surface area contributed by atoms with Crippen LogP contribution in [0.1, 0.15) is 47.5 Å². The highest BCUT2D eigenvalue weighted by Crippen LogP contribution is 2.22. The third-order valence-electron chi connectivity index (χ3n) is 5.35. The Morgan fingerprint density at radius 2 is 2.08 bits per heavy atom. The van der Waals surface area contributed by atoms with Crippen molar-refractivity contribution in [3.63, 3.8) is 0 Å². The van der Waals surface area contributed by atoms with E-state index in [1.165, 1.54) is 35.2 Å². The van der Waals surface area contributed by atoms with Gasteiger partial charge in [-0.3, -0.25) is 9.89 Å². The Bertz CT molecular complexity index is 831. The number of benzene rings is 1. The monoisotopic (exact) mass is 350 g/mol. The number of nitrogens with zero attached hydrogens (tertiary/aromatic N) is 4. The molecule has 2 aliphatic heterocycles. The molecule has 4 rings (SSSR count). The Balaban J connectivity index is 1.41. The maximum absolute atomic E-state index is 6.06. The summed E-state index contributed by atoms with van der Waals surface area (Å²) in [5.74, 6) is 1.81. The number of hydrogen-bond donors (Lipinski definition) is 0. The molecule has 5 nitrogen and oxygen atoms in total. The third kappa shape index (κ3) is 3.63. The molecule has 2 aromatic rings. The minimum atomic E-state index is 0.595. The van der Waals surface area contributed by atoms with Gasteiger partial charge < -0.3 is 4.74 Å². The highest BCUT2D eigenvalue weighted by Gasteiger charge is 2.20. The van der Waals surface area contributed by atoms with E-state index in [1.807, 2.05) is 18.3 Å². The van der Waals surface area contributed by atoms with Crippen molar-refractivity contribution < 1.29 is 4.74 Å². The maximum atomic E-state index is 6.06. The van der Waals surface area contributed by atoms with E-state index in [0.29, 0.717) is 6.73 Å². The van der Waals surface area contributed by atoms with Gasteiger partial charge in [0.2, 0.25) is 0 Å². The Morgan fingerprint density at radius 1 is 1.15 bits per heavy atom. The molecule has 0 bridgehead atoms. The van der Waals surface area contributed by atoms with Crippen molar-refractivity contribution in [3.8, 4) is 5.75 Å². The largest absolute Gasteiger partial charge is 0.478 e. The second kappa shape index (κ2) is 7.54. The van der Waals surface area contributed by atoms with E-state index in [1.54, 1.807) is 0 Å². The molecule has 3 heterocycles. The lowest BCUT2D eigenvalue weighted by Crippen LogP contribution is -2.34. The van der Waals surface area contributed by atoms with Crippen molar-refractivity contribution >= 4 is 5.71 Å². The lowest BCUT2D eigenvalue weighted by molar-refractivity contribution is 0.112. The predicted octanol–water partition coefficient (Wildman–Crippen LogP) is 3.46. The first-order valence-corrected chi connectivity index (χ1v) is 9.50. The molecule has 26 heavy (non-hydrogen) atoms. The van der Waals surface area contributed by atoms with Crippen LogP contribution in [0.25, 0.3) is 0 Å². The van der Waals surface area contributed by atoms with Crippen LogP contribution >= 0.6 is 0 Å². The number of aromatic nitrogens is 2. The van der Waals surface area contributed by atoms with E-state index < -0.39 is 0 Å². The standard InChI is InChI=1S/C21H26N4O/c1-15-6-5-8-20(16(15)2)26-14-25-11-9-18-17(13-25)12-23-21(24-18)19-7-3-4-10-22-19/h5-6,8,12H,3-4,7,9-11,13-14H2,1-2H3. The van der Waals surface area contributed by atoms with Gasteiger partial charge in [0.1, 0.15) is 12.5 Å². The predicted molar refractivity (Wildman–Crippen MR) is 103 cm³/mol. The number of hydrogen-bond acceptors (Lipinski definition) is 5. The zero-order chi connectivity index (χ0) is 17.9. The molecule has 0 aliphatic carbocycles. The number of rotatable bonds is 4. The van der Waals surface area contributed by atoms with Crippen LogP contribution in [0.5, 0.6) is 5.75 Å². The fraction of sp³-hybridized carbons (Fsp3) is 0.476. The van der Waals surface area contributed by atoms with Crippen molar-refractivity contribution in [1.82, 2.24) is 14.9 Å². The summed E-state index contributed by atoms with van der Waals surface area (Å²) >= 11 is 0. The van der Waals surface area contributed by atoms with E-state index in [2.05, 4.69) is 34.8 Å². The quantitative estimate of drug-likeness (QED) is 0.847. The van der Waals surface area contributed by atoms with E-state index >= 15 is 0 Å². The van der Waals surface area contributed by atoms with Gasteiger partial charge in [0.05, 0.1) is 11.4 Å². The van der Waals surface area contributed by atoms with Crippen molar-refractivity contribution in [2.45, 2.75) is 46.1 Å². The summed E-state index contributed by atoms with van der Waals surface area (Å²) < 4.78 is 6.06. The van der Waals surface area contributed by atoms with Gasteiger partial charge in [0.15, 0.2) is 5.82 Å². The van der Waals surface area contributed by atoms with Crippen LogP contribution in [0, 0.1) is 13.8 Å². The third-order valence-corrected chi connectivity index (χ3v) is 5.35. The Labute approximate surface area is 155 Å². The molecule has 2 aliphatic rings. The molecule has 0 atom stereocenters. The zero-order valence-electron chi connectivity index (χ0n) is 15.7. The highest BCUT2D eigenvalue weighted by molar-refractivity contribution is 5.97. The van der Waals surface area contributed by atoms with E-state index in [0.717, 1.165) is 49.8 Å². The summed E-state index contributed by atoms with van der Waals surface area (Å²) in [5.41, 5.74) is 5.94. The van der Waals surface area contributed by atoms with Gasteiger partial charge in [0.25, 0.3) is 0 Å². The van der Waals surface area contributed by atoms with Crippen molar-refractivity contribution in [1.29, 1.82) is 0 Å². The lowest BCUT2D eigenvalue weighted by Gasteiger charge is -2.28. The molecule has 1 aromatic heterocycles. The molecular formula is C21H26N4O. The fourth-order valence-electron chi connectivity index (χ4n) is 3.55. The fourth-order valence-corrected chi connectivity index (χ4v) is 3.55. The number of aryl methyl sites for hydroxylation is 1.